The second-order valence-corrected chi connectivity index (χ2v) is 7.12. The van der Waals surface area contributed by atoms with E-state index in [9.17, 15) is 13.2 Å². The van der Waals surface area contributed by atoms with Gasteiger partial charge in [0.15, 0.2) is 5.01 Å². The zero-order valence-corrected chi connectivity index (χ0v) is 13.6. The van der Waals surface area contributed by atoms with Gasteiger partial charge in [-0.25, -0.2) is 4.98 Å². The van der Waals surface area contributed by atoms with Crippen molar-refractivity contribution in [2.45, 2.75) is 10.4 Å². The maximum Gasteiger partial charge on any atom is 0.443 e. The predicted molar refractivity (Wildman–Crippen MR) is 84.9 cm³/mol. The van der Waals surface area contributed by atoms with Gasteiger partial charge in [0.1, 0.15) is 4.21 Å². The average molecular weight is 384 g/mol. The Morgan fingerprint density at radius 1 is 1.23 bits per heavy atom. The highest BCUT2D eigenvalue weighted by molar-refractivity contribution is 8.02. The molecule has 2 aromatic heterocycles. The molecule has 3 aromatic rings. The normalized spacial score (nSPS) is 12.0. The van der Waals surface area contributed by atoms with E-state index in [1.165, 1.54) is 6.20 Å². The first kappa shape index (κ1) is 15.8. The molecule has 0 spiro atoms. The summed E-state index contributed by atoms with van der Waals surface area (Å²) in [4.78, 5) is 6.34. The van der Waals surface area contributed by atoms with E-state index < -0.39 is 11.2 Å². The smallest absolute Gasteiger partial charge is 0.358 e. The van der Waals surface area contributed by atoms with Crippen LogP contribution >= 0.6 is 46.5 Å². The molecule has 3 rings (SSSR count). The zero-order chi connectivity index (χ0) is 15.9. The van der Waals surface area contributed by atoms with Crippen molar-refractivity contribution < 1.29 is 13.2 Å². The van der Waals surface area contributed by atoms with Crippen LogP contribution in [0.3, 0.4) is 0 Å². The van der Waals surface area contributed by atoms with Gasteiger partial charge in [0.25, 0.3) is 0 Å². The van der Waals surface area contributed by atoms with Gasteiger partial charge < -0.3 is 9.71 Å². The van der Waals surface area contributed by atoms with Gasteiger partial charge in [0, 0.05) is 11.6 Å². The number of H-pyrrole nitrogens is 1. The Bertz CT molecular complexity index is 829. The quantitative estimate of drug-likeness (QED) is 0.539. The van der Waals surface area contributed by atoms with Gasteiger partial charge in [0.2, 0.25) is 0 Å². The summed E-state index contributed by atoms with van der Waals surface area (Å²) in [5.74, 6) is 0. The second-order valence-electron chi connectivity index (χ2n) is 4.17. The molecule has 0 bridgehead atoms. The molecule has 0 amide bonds. The fourth-order valence-electron chi connectivity index (χ4n) is 1.80. The van der Waals surface area contributed by atoms with Crippen molar-refractivity contribution in [2.24, 2.45) is 0 Å². The van der Waals surface area contributed by atoms with E-state index >= 15 is 0 Å². The first-order valence-corrected chi connectivity index (χ1v) is 8.16. The first-order valence-electron chi connectivity index (χ1n) is 5.77. The summed E-state index contributed by atoms with van der Waals surface area (Å²) in [6.45, 7) is 0. The van der Waals surface area contributed by atoms with Crippen LogP contribution in [-0.2, 0) is 6.18 Å². The third kappa shape index (κ3) is 3.01. The fourth-order valence-corrected chi connectivity index (χ4v) is 3.89. The lowest BCUT2D eigenvalue weighted by Gasteiger charge is -2.06. The molecule has 0 aliphatic heterocycles. The monoisotopic (exact) mass is 383 g/mol. The number of aromatic nitrogens is 2. The Morgan fingerprint density at radius 2 is 2.00 bits per heavy atom. The van der Waals surface area contributed by atoms with Crippen molar-refractivity contribution in [2.75, 3.05) is 4.72 Å². The molecule has 2 heterocycles. The number of benzene rings is 1. The van der Waals surface area contributed by atoms with Crippen LogP contribution in [0.4, 0.5) is 18.9 Å². The number of aromatic amines is 1. The number of rotatable bonds is 3. The molecule has 0 saturated carbocycles. The Hall–Kier alpha value is -1.09. The molecule has 0 radical (unpaired) electrons. The number of alkyl halides is 3. The Labute approximate surface area is 141 Å². The minimum Gasteiger partial charge on any atom is -0.358 e. The molecule has 0 fully saturated rings. The molecule has 2 N–H and O–H groups in total. The Morgan fingerprint density at radius 3 is 2.68 bits per heavy atom. The van der Waals surface area contributed by atoms with Crippen LogP contribution in [0, 0.1) is 0 Å². The third-order valence-electron chi connectivity index (χ3n) is 2.73. The van der Waals surface area contributed by atoms with Gasteiger partial charge in [-0.3, -0.25) is 0 Å². The second kappa shape index (κ2) is 5.84. The maximum absolute atomic E-state index is 12.5. The fraction of sp³-hybridized carbons (Fsp3) is 0.0833. The maximum atomic E-state index is 12.5. The summed E-state index contributed by atoms with van der Waals surface area (Å²) in [5, 5.41) is 0.759. The summed E-state index contributed by atoms with van der Waals surface area (Å²) in [5.41, 5.74) is 1.35. The standard InChI is InChI=1S/C12H6Cl2F3N3S2/c13-5-1-2-7(10-9(5)6(14)3-18-10)20-22-8-4-19-11(21-8)12(15,16)17/h1-4,18,20H. The number of nitrogens with one attached hydrogen (secondary N) is 2. The topological polar surface area (TPSA) is 40.7 Å². The van der Waals surface area contributed by atoms with Gasteiger partial charge >= 0.3 is 6.18 Å². The van der Waals surface area contributed by atoms with Crippen molar-refractivity contribution in [1.29, 1.82) is 0 Å². The van der Waals surface area contributed by atoms with Crippen LogP contribution in [0.1, 0.15) is 5.01 Å². The number of nitrogens with zero attached hydrogens (tertiary/aromatic N) is 1. The molecular formula is C12H6Cl2F3N3S2. The van der Waals surface area contributed by atoms with E-state index in [0.29, 0.717) is 42.2 Å². The van der Waals surface area contributed by atoms with Gasteiger partial charge in [-0.05, 0) is 24.1 Å². The third-order valence-corrected chi connectivity index (χ3v) is 5.30. The molecular weight excluding hydrogens is 378 g/mol. The number of hydrogen-bond donors (Lipinski definition) is 2. The number of halogens is 5. The molecule has 0 aliphatic rings. The van der Waals surface area contributed by atoms with Crippen molar-refractivity contribution in [3.05, 3.63) is 39.6 Å². The molecule has 3 nitrogen and oxygen atoms in total. The number of thiazole rings is 1. The minimum absolute atomic E-state index is 0.396. The average Bonchev–Trinajstić information content (AvgIpc) is 3.05. The van der Waals surface area contributed by atoms with E-state index in [2.05, 4.69) is 14.7 Å². The predicted octanol–water partition coefficient (Wildman–Crippen LogP) is 6.07. The van der Waals surface area contributed by atoms with Crippen LogP contribution < -0.4 is 4.72 Å². The lowest BCUT2D eigenvalue weighted by Crippen LogP contribution is -2.02. The molecule has 1 aromatic carbocycles. The summed E-state index contributed by atoms with van der Waals surface area (Å²) in [7, 11) is 0. The van der Waals surface area contributed by atoms with E-state index in [-0.39, 0.29) is 0 Å². The molecule has 0 saturated heterocycles. The lowest BCUT2D eigenvalue weighted by molar-refractivity contribution is -0.137. The minimum atomic E-state index is -4.43. The van der Waals surface area contributed by atoms with Crippen LogP contribution in [0.5, 0.6) is 0 Å². The van der Waals surface area contributed by atoms with E-state index in [1.54, 1.807) is 18.3 Å². The van der Waals surface area contributed by atoms with E-state index in [4.69, 9.17) is 23.2 Å². The SMILES string of the molecule is FC(F)(F)c1ncc(SNc2ccc(Cl)c3c(Cl)c[nH]c23)s1. The highest BCUT2D eigenvalue weighted by atomic mass is 35.5. The lowest BCUT2D eigenvalue weighted by atomic mass is 10.2. The van der Waals surface area contributed by atoms with E-state index in [0.717, 1.165) is 11.9 Å². The van der Waals surface area contributed by atoms with Crippen LogP contribution in [0.2, 0.25) is 10.0 Å². The summed E-state index contributed by atoms with van der Waals surface area (Å²) < 4.78 is 40.9. The molecule has 22 heavy (non-hydrogen) atoms. The molecule has 116 valence electrons. The highest BCUT2D eigenvalue weighted by Crippen LogP contribution is 2.39. The van der Waals surface area contributed by atoms with Crippen LogP contribution in [0.25, 0.3) is 10.9 Å². The number of fused-ring (bicyclic) bond motifs is 1. The molecule has 10 heteroatoms. The largest absolute Gasteiger partial charge is 0.443 e. The first-order chi connectivity index (χ1) is 10.4. The molecule has 0 aliphatic carbocycles. The van der Waals surface area contributed by atoms with Gasteiger partial charge in [-0.2, -0.15) is 13.2 Å². The summed E-state index contributed by atoms with van der Waals surface area (Å²) in [6, 6.07) is 3.39. The molecule has 0 unspecified atom stereocenters. The van der Waals surface area contributed by atoms with Crippen LogP contribution in [-0.4, -0.2) is 9.97 Å². The Kier molecular flexibility index (Phi) is 4.19. The van der Waals surface area contributed by atoms with Crippen molar-refractivity contribution in [1.82, 2.24) is 9.97 Å². The van der Waals surface area contributed by atoms with Crippen LogP contribution in [0.15, 0.2) is 28.7 Å². The van der Waals surface area contributed by atoms with Crippen molar-refractivity contribution >= 4 is 63.1 Å². The van der Waals surface area contributed by atoms with Gasteiger partial charge in [0.05, 0.1) is 27.4 Å². The summed E-state index contributed by atoms with van der Waals surface area (Å²) >= 11 is 13.7. The zero-order valence-electron chi connectivity index (χ0n) is 10.5. The molecule has 0 atom stereocenters. The van der Waals surface area contributed by atoms with Gasteiger partial charge in [-0.15, -0.1) is 11.3 Å². The Balaban J connectivity index is 1.83. The summed E-state index contributed by atoms with van der Waals surface area (Å²) in [6.07, 6.45) is -1.65. The van der Waals surface area contributed by atoms with E-state index in [1.807, 2.05) is 0 Å². The van der Waals surface area contributed by atoms with Gasteiger partial charge in [-0.1, -0.05) is 23.2 Å². The van der Waals surface area contributed by atoms with Crippen molar-refractivity contribution in [3.63, 3.8) is 0 Å². The number of anilines is 1. The highest BCUT2D eigenvalue weighted by Gasteiger charge is 2.34. The number of hydrogen-bond acceptors (Lipinski definition) is 4. The van der Waals surface area contributed by atoms with Crippen molar-refractivity contribution in [3.8, 4) is 0 Å².